The summed E-state index contributed by atoms with van der Waals surface area (Å²) in [4.78, 5) is 45.7. The molecule has 45 heavy (non-hydrogen) atoms. The number of anilines is 1. The highest BCUT2D eigenvalue weighted by molar-refractivity contribution is 7.07. The molecule has 2 heterocycles. The number of allylic oxidation sites excluding steroid dienone is 1. The Morgan fingerprint density at radius 1 is 1.11 bits per heavy atom. The molecule has 0 unspecified atom stereocenters. The fraction of sp³-hybridized carbons (Fsp3) is 0.242. The van der Waals surface area contributed by atoms with Crippen LogP contribution in [0.3, 0.4) is 0 Å². The Hall–Kier alpha value is -5.23. The third-order valence-electron chi connectivity index (χ3n) is 7.30. The van der Waals surface area contributed by atoms with Gasteiger partial charge >= 0.3 is 5.97 Å². The molecule has 0 bridgehead atoms. The van der Waals surface area contributed by atoms with Crippen molar-refractivity contribution < 1.29 is 23.9 Å². The predicted octanol–water partition coefficient (Wildman–Crippen LogP) is 4.47. The number of benzene rings is 3. The lowest BCUT2D eigenvalue weighted by Gasteiger charge is -2.23. The molecule has 4 aromatic rings. The maximum absolute atomic E-state index is 13.7. The number of methoxy groups -OCH3 is 1. The van der Waals surface area contributed by atoms with E-state index >= 15 is 0 Å². The van der Waals surface area contributed by atoms with E-state index in [9.17, 15) is 19.7 Å². The van der Waals surface area contributed by atoms with Gasteiger partial charge in [0.1, 0.15) is 12.6 Å². The van der Waals surface area contributed by atoms with Gasteiger partial charge in [-0.1, -0.05) is 53.8 Å². The minimum atomic E-state index is -0.707. The Morgan fingerprint density at radius 3 is 2.44 bits per heavy atom. The number of nitrogens with zero attached hydrogens (tertiary/aromatic N) is 4. The van der Waals surface area contributed by atoms with Crippen molar-refractivity contribution in [3.63, 3.8) is 0 Å². The van der Waals surface area contributed by atoms with Crippen LogP contribution in [0.1, 0.15) is 36.6 Å². The SMILES string of the molecule is CCOC(=O)C1=C(C)n2c(s/c(=C\c3cc(OC)c(OCc4ccccc4)cc3[N+](=O)[O-])c2=O)=N[C@@H]1c1ccc(N(C)C)cc1. The molecule has 1 aliphatic rings. The number of nitro benzene ring substituents is 1. The van der Waals surface area contributed by atoms with E-state index in [2.05, 4.69) is 0 Å². The molecule has 0 aliphatic carbocycles. The highest BCUT2D eigenvalue weighted by atomic mass is 32.1. The summed E-state index contributed by atoms with van der Waals surface area (Å²) in [5, 5.41) is 12.1. The van der Waals surface area contributed by atoms with Gasteiger partial charge in [-0.15, -0.1) is 0 Å². The first-order valence-corrected chi connectivity index (χ1v) is 14.9. The van der Waals surface area contributed by atoms with Gasteiger partial charge in [-0.2, -0.15) is 0 Å². The lowest BCUT2D eigenvalue weighted by atomic mass is 9.96. The normalized spacial score (nSPS) is 14.4. The van der Waals surface area contributed by atoms with Gasteiger partial charge in [-0.25, -0.2) is 9.79 Å². The molecule has 5 rings (SSSR count). The molecular formula is C33H32N4O7S. The number of fused-ring (bicyclic) bond motifs is 1. The number of rotatable bonds is 10. The van der Waals surface area contributed by atoms with Gasteiger partial charge in [0, 0.05) is 25.5 Å². The van der Waals surface area contributed by atoms with Gasteiger partial charge < -0.3 is 19.1 Å². The quantitative estimate of drug-likeness (QED) is 0.143. The minimum Gasteiger partial charge on any atom is -0.493 e. The van der Waals surface area contributed by atoms with Crippen LogP contribution >= 0.6 is 11.3 Å². The van der Waals surface area contributed by atoms with E-state index in [4.69, 9.17) is 19.2 Å². The van der Waals surface area contributed by atoms with E-state index in [1.807, 2.05) is 73.6 Å². The molecule has 0 saturated carbocycles. The molecular weight excluding hydrogens is 596 g/mol. The first-order valence-electron chi connectivity index (χ1n) is 14.1. The Labute approximate surface area is 263 Å². The van der Waals surface area contributed by atoms with Gasteiger partial charge in [0.2, 0.25) is 0 Å². The molecule has 12 heteroatoms. The van der Waals surface area contributed by atoms with Crippen molar-refractivity contribution in [1.82, 2.24) is 4.57 Å². The molecule has 1 aliphatic heterocycles. The summed E-state index contributed by atoms with van der Waals surface area (Å²) in [6.45, 7) is 3.73. The molecule has 11 nitrogen and oxygen atoms in total. The van der Waals surface area contributed by atoms with Crippen LogP contribution in [0.5, 0.6) is 11.5 Å². The zero-order valence-corrected chi connectivity index (χ0v) is 26.3. The van der Waals surface area contributed by atoms with Crippen LogP contribution in [0.4, 0.5) is 11.4 Å². The van der Waals surface area contributed by atoms with Crippen LogP contribution in [0.15, 0.2) is 82.1 Å². The predicted molar refractivity (Wildman–Crippen MR) is 172 cm³/mol. The van der Waals surface area contributed by atoms with Crippen molar-refractivity contribution >= 4 is 40.5 Å². The smallest absolute Gasteiger partial charge is 0.338 e. The molecule has 1 atom stereocenters. The first-order chi connectivity index (χ1) is 21.6. The summed E-state index contributed by atoms with van der Waals surface area (Å²) in [5.74, 6) is -0.0969. The monoisotopic (exact) mass is 628 g/mol. The molecule has 0 amide bonds. The summed E-state index contributed by atoms with van der Waals surface area (Å²) in [6.07, 6.45) is 1.44. The average Bonchev–Trinajstić information content (AvgIpc) is 3.35. The second kappa shape index (κ2) is 13.2. The highest BCUT2D eigenvalue weighted by Crippen LogP contribution is 2.36. The molecule has 3 aromatic carbocycles. The Balaban J connectivity index is 1.63. The number of nitro groups is 1. The van der Waals surface area contributed by atoms with E-state index in [0.29, 0.717) is 10.5 Å². The summed E-state index contributed by atoms with van der Waals surface area (Å²) in [7, 11) is 5.30. The number of thiazole rings is 1. The van der Waals surface area contributed by atoms with Crippen LogP contribution in [0, 0.1) is 10.1 Å². The number of esters is 1. The third-order valence-corrected chi connectivity index (χ3v) is 8.28. The van der Waals surface area contributed by atoms with Crippen LogP contribution in [-0.2, 0) is 16.1 Å². The Kier molecular flexibility index (Phi) is 9.14. The number of aromatic nitrogens is 1. The average molecular weight is 629 g/mol. The summed E-state index contributed by atoms with van der Waals surface area (Å²) >= 11 is 1.08. The molecule has 0 spiro atoms. The number of ether oxygens (including phenoxy) is 3. The third kappa shape index (κ3) is 6.36. The van der Waals surface area contributed by atoms with Crippen molar-refractivity contribution in [1.29, 1.82) is 0 Å². The second-order valence-corrected chi connectivity index (χ2v) is 11.4. The van der Waals surface area contributed by atoms with E-state index in [1.165, 1.54) is 29.9 Å². The number of carbonyl (C=O) groups excluding carboxylic acids is 1. The Morgan fingerprint density at radius 2 is 1.82 bits per heavy atom. The number of hydrogen-bond acceptors (Lipinski definition) is 10. The summed E-state index contributed by atoms with van der Waals surface area (Å²) < 4.78 is 18.3. The van der Waals surface area contributed by atoms with Crippen molar-refractivity contribution in [3.8, 4) is 11.5 Å². The maximum atomic E-state index is 13.7. The summed E-state index contributed by atoms with van der Waals surface area (Å²) in [5.41, 5.74) is 2.69. The van der Waals surface area contributed by atoms with E-state index in [1.54, 1.807) is 13.8 Å². The van der Waals surface area contributed by atoms with E-state index in [-0.39, 0.29) is 46.1 Å². The summed E-state index contributed by atoms with van der Waals surface area (Å²) in [6, 6.07) is 19.1. The first kappa shape index (κ1) is 31.2. The van der Waals surface area contributed by atoms with E-state index < -0.39 is 22.5 Å². The molecule has 0 radical (unpaired) electrons. The zero-order valence-electron chi connectivity index (χ0n) is 25.5. The Bertz CT molecular complexity index is 1960. The fourth-order valence-corrected chi connectivity index (χ4v) is 6.03. The van der Waals surface area contributed by atoms with Crippen LogP contribution < -0.4 is 29.3 Å². The minimum absolute atomic E-state index is 0.156. The molecule has 0 saturated heterocycles. The van der Waals surface area contributed by atoms with Crippen molar-refractivity contribution in [3.05, 3.63) is 119 Å². The van der Waals surface area contributed by atoms with E-state index in [0.717, 1.165) is 28.2 Å². The maximum Gasteiger partial charge on any atom is 0.338 e. The largest absolute Gasteiger partial charge is 0.493 e. The van der Waals surface area contributed by atoms with Crippen molar-refractivity contribution in [2.45, 2.75) is 26.5 Å². The molecule has 0 fully saturated rings. The molecule has 232 valence electrons. The van der Waals surface area contributed by atoms with Crippen LogP contribution in [-0.4, -0.2) is 43.3 Å². The second-order valence-electron chi connectivity index (χ2n) is 10.4. The number of hydrogen-bond donors (Lipinski definition) is 0. The van der Waals surface area contributed by atoms with Gasteiger partial charge in [0.05, 0.1) is 40.4 Å². The topological polar surface area (TPSA) is 126 Å². The van der Waals surface area contributed by atoms with Gasteiger partial charge in [0.25, 0.3) is 11.2 Å². The van der Waals surface area contributed by atoms with Gasteiger partial charge in [0.15, 0.2) is 16.3 Å². The van der Waals surface area contributed by atoms with Crippen LogP contribution in [0.2, 0.25) is 0 Å². The highest BCUT2D eigenvalue weighted by Gasteiger charge is 2.31. The lowest BCUT2D eigenvalue weighted by molar-refractivity contribution is -0.385. The lowest BCUT2D eigenvalue weighted by Crippen LogP contribution is -2.35. The fourth-order valence-electron chi connectivity index (χ4n) is 5.00. The van der Waals surface area contributed by atoms with Gasteiger partial charge in [-0.3, -0.25) is 19.5 Å². The van der Waals surface area contributed by atoms with Crippen molar-refractivity contribution in [2.24, 2.45) is 4.99 Å². The standard InChI is InChI=1S/C33H32N4O7S/c1-6-43-32(39)29-20(2)36-31(38)28(45-33(36)34-30(29)22-12-14-24(15-13-22)35(3)4)17-23-16-26(42-5)27(18-25(23)37(40)41)44-19-21-10-8-7-9-11-21/h7-18,30H,6,19H2,1-5H3/b28-17-/t30-/m1/s1. The van der Waals surface area contributed by atoms with Crippen molar-refractivity contribution in [2.75, 3.05) is 32.7 Å². The molecule has 1 aromatic heterocycles. The zero-order chi connectivity index (χ0) is 32.2. The van der Waals surface area contributed by atoms with Crippen LogP contribution in [0.25, 0.3) is 11.8 Å². The van der Waals surface area contributed by atoms with Gasteiger partial charge in [-0.05, 0) is 49.2 Å². The number of carbonyl (C=O) groups is 1. The molecule has 0 N–H and O–H groups in total.